The van der Waals surface area contributed by atoms with Gasteiger partial charge in [0, 0.05) is 49.7 Å². The van der Waals surface area contributed by atoms with Crippen molar-refractivity contribution in [3.8, 4) is 0 Å². The molecule has 0 atom stereocenters. The lowest BCUT2D eigenvalue weighted by molar-refractivity contribution is -0.134. The highest BCUT2D eigenvalue weighted by atomic mass is 35.5. The molecule has 8 nitrogen and oxygen atoms in total. The minimum absolute atomic E-state index is 0.0611. The van der Waals surface area contributed by atoms with Crippen LogP contribution in [0.15, 0.2) is 58.7 Å². The first-order valence-electron chi connectivity index (χ1n) is 10.1. The van der Waals surface area contributed by atoms with E-state index in [0.29, 0.717) is 23.6 Å². The van der Waals surface area contributed by atoms with E-state index in [4.69, 9.17) is 11.6 Å². The van der Waals surface area contributed by atoms with Gasteiger partial charge in [-0.15, -0.1) is 0 Å². The fraction of sp³-hybridized carbons (Fsp3) is 0.273. The molecule has 0 spiro atoms. The molecule has 1 amide bonds. The Bertz CT molecular complexity index is 1270. The van der Waals surface area contributed by atoms with E-state index in [0.717, 1.165) is 16.5 Å². The summed E-state index contributed by atoms with van der Waals surface area (Å²) < 4.78 is 27.4. The molecule has 1 saturated heterocycles. The molecule has 1 aromatic heterocycles. The number of hydrazone groups is 1. The minimum Gasteiger partial charge on any atom is -0.344 e. The van der Waals surface area contributed by atoms with E-state index in [-0.39, 0.29) is 24.0 Å². The summed E-state index contributed by atoms with van der Waals surface area (Å²) in [7, 11) is -0.114. The van der Waals surface area contributed by atoms with Crippen molar-refractivity contribution in [2.75, 3.05) is 33.7 Å². The number of hydrogen-bond donors (Lipinski definition) is 1. The van der Waals surface area contributed by atoms with Gasteiger partial charge in [0.25, 0.3) is 10.0 Å². The molecule has 168 valence electrons. The largest absolute Gasteiger partial charge is 0.344 e. The summed E-state index contributed by atoms with van der Waals surface area (Å²) in [5.41, 5.74) is 2.58. The highest BCUT2D eigenvalue weighted by Crippen LogP contribution is 2.25. The van der Waals surface area contributed by atoms with Crippen LogP contribution in [0.25, 0.3) is 10.9 Å². The normalized spacial score (nSPS) is 15.7. The van der Waals surface area contributed by atoms with E-state index in [2.05, 4.69) is 10.1 Å². The number of benzene rings is 2. The zero-order chi connectivity index (χ0) is 22.9. The molecule has 3 aromatic rings. The van der Waals surface area contributed by atoms with Gasteiger partial charge in [0.2, 0.25) is 5.91 Å². The number of halogens is 1. The van der Waals surface area contributed by atoms with Gasteiger partial charge in [0.05, 0.1) is 12.8 Å². The third-order valence-corrected chi connectivity index (χ3v) is 7.25. The van der Waals surface area contributed by atoms with Gasteiger partial charge in [-0.2, -0.15) is 9.41 Å². The van der Waals surface area contributed by atoms with Crippen molar-refractivity contribution in [3.05, 3.63) is 64.7 Å². The second-order valence-corrected chi connectivity index (χ2v) is 10.2. The van der Waals surface area contributed by atoms with Crippen LogP contribution < -0.4 is 0 Å². The summed E-state index contributed by atoms with van der Waals surface area (Å²) in [6, 6.07) is 14.5. The van der Waals surface area contributed by atoms with Crippen LogP contribution in [0.1, 0.15) is 11.1 Å². The van der Waals surface area contributed by atoms with Gasteiger partial charge in [0.15, 0.2) is 0 Å². The third kappa shape index (κ3) is 4.79. The summed E-state index contributed by atoms with van der Waals surface area (Å²) in [5, 5.41) is 7.24. The van der Waals surface area contributed by atoms with E-state index in [1.807, 2.05) is 38.4 Å². The molecule has 0 bridgehead atoms. The van der Waals surface area contributed by atoms with Crippen LogP contribution in [0.4, 0.5) is 0 Å². The van der Waals surface area contributed by atoms with Crippen molar-refractivity contribution in [1.29, 1.82) is 0 Å². The van der Waals surface area contributed by atoms with Crippen LogP contribution in [0, 0.1) is 0 Å². The van der Waals surface area contributed by atoms with Crippen LogP contribution in [0.5, 0.6) is 0 Å². The Kier molecular flexibility index (Phi) is 6.23. The molecule has 0 radical (unpaired) electrons. The van der Waals surface area contributed by atoms with Crippen molar-refractivity contribution in [2.24, 2.45) is 5.10 Å². The summed E-state index contributed by atoms with van der Waals surface area (Å²) in [6.45, 7) is 0.806. The van der Waals surface area contributed by atoms with Crippen molar-refractivity contribution in [1.82, 2.24) is 19.2 Å². The Morgan fingerprint density at radius 2 is 1.88 bits per heavy atom. The summed E-state index contributed by atoms with van der Waals surface area (Å²) in [6.07, 6.45) is 1.76. The van der Waals surface area contributed by atoms with Gasteiger partial charge >= 0.3 is 0 Å². The fourth-order valence-electron chi connectivity index (χ4n) is 3.52. The van der Waals surface area contributed by atoms with Crippen LogP contribution >= 0.6 is 11.6 Å². The number of amides is 1. The monoisotopic (exact) mass is 473 g/mol. The third-order valence-electron chi connectivity index (χ3n) is 5.25. The number of fused-ring (bicyclic) bond motifs is 1. The summed E-state index contributed by atoms with van der Waals surface area (Å²) >= 11 is 5.99. The molecule has 1 aliphatic heterocycles. The van der Waals surface area contributed by atoms with Gasteiger partial charge in [-0.05, 0) is 29.3 Å². The molecule has 0 aliphatic carbocycles. The number of aromatic amines is 1. The predicted octanol–water partition coefficient (Wildman–Crippen LogP) is 2.75. The van der Waals surface area contributed by atoms with E-state index < -0.39 is 10.0 Å². The smallest absolute Gasteiger partial charge is 0.259 e. The second kappa shape index (κ2) is 8.93. The molecule has 1 N–H and O–H groups in total. The van der Waals surface area contributed by atoms with Crippen molar-refractivity contribution >= 4 is 44.6 Å². The number of piperazine rings is 1. The standard InChI is InChI=1S/C22H24ClN5O3S/c1-26(2)24-13-16-3-5-17(6-4-16)14-27-9-10-28(15-22(27)29)32(30,31)21-11-18-7-8-19(23)12-20(18)25-21/h3-8,11-13,25H,9-10,14-15H2,1-2H3. The molecule has 10 heteroatoms. The number of hydrogen-bond acceptors (Lipinski definition) is 5. The molecule has 2 heterocycles. The molecule has 4 rings (SSSR count). The Morgan fingerprint density at radius 1 is 1.12 bits per heavy atom. The Hall–Kier alpha value is -2.88. The topological polar surface area (TPSA) is 89.1 Å². The maximum atomic E-state index is 13.1. The number of nitrogens with zero attached hydrogens (tertiary/aromatic N) is 4. The number of carbonyl (C=O) groups excluding carboxylic acids is 1. The highest BCUT2D eigenvalue weighted by Gasteiger charge is 2.33. The van der Waals surface area contributed by atoms with Crippen molar-refractivity contribution in [3.63, 3.8) is 0 Å². The number of nitrogens with one attached hydrogen (secondary N) is 1. The number of aromatic nitrogens is 1. The molecule has 0 unspecified atom stereocenters. The Balaban J connectivity index is 1.42. The van der Waals surface area contributed by atoms with E-state index >= 15 is 0 Å². The summed E-state index contributed by atoms with van der Waals surface area (Å²) in [5.74, 6) is -0.225. The lowest BCUT2D eigenvalue weighted by Crippen LogP contribution is -2.51. The summed E-state index contributed by atoms with van der Waals surface area (Å²) in [4.78, 5) is 17.3. The molecule has 0 saturated carbocycles. The zero-order valence-corrected chi connectivity index (χ0v) is 19.4. The number of sulfonamides is 1. The van der Waals surface area contributed by atoms with Crippen molar-refractivity contribution in [2.45, 2.75) is 11.6 Å². The fourth-order valence-corrected chi connectivity index (χ4v) is 5.09. The minimum atomic E-state index is -3.82. The van der Waals surface area contributed by atoms with E-state index in [1.165, 1.54) is 4.31 Å². The SMILES string of the molecule is CN(C)N=Cc1ccc(CN2CCN(S(=O)(=O)c3cc4ccc(Cl)cc4[nH]3)CC2=O)cc1. The average Bonchev–Trinajstić information content (AvgIpc) is 3.18. The first-order chi connectivity index (χ1) is 15.2. The molecular weight excluding hydrogens is 450 g/mol. The van der Waals surface area contributed by atoms with Crippen LogP contribution in [-0.2, 0) is 21.4 Å². The van der Waals surface area contributed by atoms with Crippen LogP contribution in [0.2, 0.25) is 5.02 Å². The van der Waals surface area contributed by atoms with Gasteiger partial charge in [-0.25, -0.2) is 8.42 Å². The van der Waals surface area contributed by atoms with Crippen LogP contribution in [0.3, 0.4) is 0 Å². The highest BCUT2D eigenvalue weighted by molar-refractivity contribution is 7.89. The van der Waals surface area contributed by atoms with E-state index in [1.54, 1.807) is 40.4 Å². The van der Waals surface area contributed by atoms with Gasteiger partial charge in [0.1, 0.15) is 5.03 Å². The molecular formula is C22H24ClN5O3S. The maximum absolute atomic E-state index is 13.1. The molecule has 1 aliphatic rings. The van der Waals surface area contributed by atoms with Gasteiger partial charge in [-0.1, -0.05) is 41.9 Å². The predicted molar refractivity (Wildman–Crippen MR) is 125 cm³/mol. The number of H-pyrrole nitrogens is 1. The molecule has 1 fully saturated rings. The Morgan fingerprint density at radius 3 is 2.56 bits per heavy atom. The first-order valence-corrected chi connectivity index (χ1v) is 11.9. The maximum Gasteiger partial charge on any atom is 0.259 e. The van der Waals surface area contributed by atoms with Crippen LogP contribution in [-0.4, -0.2) is 73.5 Å². The van der Waals surface area contributed by atoms with Gasteiger partial charge < -0.3 is 14.9 Å². The Labute approximate surface area is 192 Å². The van der Waals surface area contributed by atoms with Crippen molar-refractivity contribution < 1.29 is 13.2 Å². The first kappa shape index (κ1) is 22.3. The quantitative estimate of drug-likeness (QED) is 0.440. The van der Waals surface area contributed by atoms with E-state index in [9.17, 15) is 13.2 Å². The molecule has 2 aromatic carbocycles. The second-order valence-electron chi connectivity index (χ2n) is 7.85. The lowest BCUT2D eigenvalue weighted by Gasteiger charge is -2.33. The number of rotatable bonds is 6. The van der Waals surface area contributed by atoms with Gasteiger partial charge in [-0.3, -0.25) is 4.79 Å². The number of carbonyl (C=O) groups is 1. The lowest BCUT2D eigenvalue weighted by atomic mass is 10.1. The molecule has 32 heavy (non-hydrogen) atoms. The average molecular weight is 474 g/mol. The zero-order valence-electron chi connectivity index (χ0n) is 17.8.